The molecule has 1 aliphatic rings. The molecule has 1 heterocycles. The fraction of sp³-hybridized carbons (Fsp3) is 0.250. The number of fused-ring (bicyclic) bond motifs is 1. The van der Waals surface area contributed by atoms with Gasteiger partial charge in [-0.25, -0.2) is 9.80 Å². The fourth-order valence-electron chi connectivity index (χ4n) is 4.23. The van der Waals surface area contributed by atoms with E-state index in [2.05, 4.69) is 10.6 Å². The highest BCUT2D eigenvalue weighted by molar-refractivity contribution is 6.15. The predicted molar refractivity (Wildman–Crippen MR) is 142 cm³/mol. The van der Waals surface area contributed by atoms with E-state index < -0.39 is 0 Å². The number of ether oxygens (including phenoxy) is 3. The lowest BCUT2D eigenvalue weighted by atomic mass is 9.93. The second-order valence-corrected chi connectivity index (χ2v) is 8.53. The third-order valence-electron chi connectivity index (χ3n) is 6.18. The van der Waals surface area contributed by atoms with E-state index in [1.54, 1.807) is 52.6 Å². The number of hydrogen-bond acceptors (Lipinski definition) is 6. The van der Waals surface area contributed by atoms with Crippen molar-refractivity contribution >= 4 is 23.3 Å². The van der Waals surface area contributed by atoms with Gasteiger partial charge in [0.25, 0.3) is 5.91 Å². The quantitative estimate of drug-likeness (QED) is 0.523. The highest BCUT2D eigenvalue weighted by atomic mass is 16.5. The number of carbonyl (C=O) groups excluding carboxylic acids is 2. The van der Waals surface area contributed by atoms with E-state index in [-0.39, 0.29) is 18.0 Å². The van der Waals surface area contributed by atoms with Crippen LogP contribution in [0.3, 0.4) is 0 Å². The third kappa shape index (κ3) is 5.35. The van der Waals surface area contributed by atoms with Gasteiger partial charge in [-0.2, -0.15) is 5.10 Å². The Labute approximate surface area is 216 Å². The van der Waals surface area contributed by atoms with Crippen molar-refractivity contribution in [2.24, 2.45) is 5.10 Å². The van der Waals surface area contributed by atoms with E-state index in [1.165, 1.54) is 5.01 Å². The van der Waals surface area contributed by atoms with Crippen molar-refractivity contribution in [2.75, 3.05) is 33.7 Å². The molecule has 2 N–H and O–H groups in total. The van der Waals surface area contributed by atoms with Crippen LogP contribution in [-0.4, -0.2) is 57.1 Å². The van der Waals surface area contributed by atoms with Crippen molar-refractivity contribution in [2.45, 2.75) is 19.4 Å². The predicted octanol–water partition coefficient (Wildman–Crippen LogP) is 4.30. The summed E-state index contributed by atoms with van der Waals surface area (Å²) in [6.07, 6.45) is 0.567. The molecule has 0 aromatic heterocycles. The Bertz CT molecular complexity index is 1340. The molecule has 1 unspecified atom stereocenters. The van der Waals surface area contributed by atoms with Gasteiger partial charge in [0, 0.05) is 35.5 Å². The standard InChI is InChI=1S/C28H30N4O5/c1-17-13-20-14-24(36-4)25(37-5)16-23(20)26(31-32(17)28(34)29-2)18-9-11-19(12-10-18)27(33)30-21-7-6-8-22(15-21)35-3/h6-12,14-17H,13H2,1-5H3,(H,29,34)(H,30,33). The number of nitrogens with one attached hydrogen (secondary N) is 2. The first-order valence-electron chi connectivity index (χ1n) is 11.8. The smallest absolute Gasteiger partial charge is 0.337 e. The van der Waals surface area contributed by atoms with Crippen LogP contribution in [0, 0.1) is 0 Å². The molecule has 1 atom stereocenters. The van der Waals surface area contributed by atoms with E-state index in [4.69, 9.17) is 19.3 Å². The number of benzene rings is 3. The van der Waals surface area contributed by atoms with Crippen molar-refractivity contribution in [1.29, 1.82) is 0 Å². The first-order valence-corrected chi connectivity index (χ1v) is 11.8. The molecule has 0 radical (unpaired) electrons. The molecule has 192 valence electrons. The number of anilines is 1. The van der Waals surface area contributed by atoms with E-state index in [0.717, 1.165) is 16.7 Å². The van der Waals surface area contributed by atoms with Crippen LogP contribution in [-0.2, 0) is 6.42 Å². The average molecular weight is 503 g/mol. The molecule has 0 aliphatic carbocycles. The number of rotatable bonds is 6. The van der Waals surface area contributed by atoms with Gasteiger partial charge in [-0.1, -0.05) is 18.2 Å². The molecule has 0 spiro atoms. The molecule has 1 aliphatic heterocycles. The Morgan fingerprint density at radius 3 is 2.30 bits per heavy atom. The minimum absolute atomic E-state index is 0.206. The number of amides is 3. The largest absolute Gasteiger partial charge is 0.497 e. The zero-order chi connectivity index (χ0) is 26.5. The Morgan fingerprint density at radius 2 is 1.65 bits per heavy atom. The lowest BCUT2D eigenvalue weighted by Gasteiger charge is -2.22. The van der Waals surface area contributed by atoms with Crippen molar-refractivity contribution in [3.63, 3.8) is 0 Å². The number of hydrogen-bond donors (Lipinski definition) is 2. The van der Waals surface area contributed by atoms with E-state index in [9.17, 15) is 9.59 Å². The van der Waals surface area contributed by atoms with Gasteiger partial charge in [-0.3, -0.25) is 4.79 Å². The van der Waals surface area contributed by atoms with Crippen LogP contribution in [0.1, 0.15) is 34.0 Å². The van der Waals surface area contributed by atoms with E-state index in [0.29, 0.717) is 40.6 Å². The van der Waals surface area contributed by atoms with Crippen LogP contribution in [0.2, 0.25) is 0 Å². The molecule has 3 aromatic rings. The van der Waals surface area contributed by atoms with Crippen molar-refractivity contribution < 1.29 is 23.8 Å². The Hall–Kier alpha value is -4.53. The molecule has 4 rings (SSSR count). The van der Waals surface area contributed by atoms with Crippen molar-refractivity contribution in [1.82, 2.24) is 10.3 Å². The molecule has 9 heteroatoms. The van der Waals surface area contributed by atoms with Gasteiger partial charge in [0.1, 0.15) is 5.75 Å². The summed E-state index contributed by atoms with van der Waals surface area (Å²) in [6.45, 7) is 1.94. The summed E-state index contributed by atoms with van der Waals surface area (Å²) in [7, 11) is 6.31. The summed E-state index contributed by atoms with van der Waals surface area (Å²) < 4.78 is 16.3. The Morgan fingerprint density at radius 1 is 0.946 bits per heavy atom. The highest BCUT2D eigenvalue weighted by Crippen LogP contribution is 2.34. The number of hydrazone groups is 1. The van der Waals surface area contributed by atoms with Gasteiger partial charge in [0.15, 0.2) is 11.5 Å². The van der Waals surface area contributed by atoms with Crippen LogP contribution in [0.25, 0.3) is 0 Å². The maximum absolute atomic E-state index is 12.9. The number of nitrogens with zero attached hydrogens (tertiary/aromatic N) is 2. The molecule has 0 saturated heterocycles. The Kier molecular flexibility index (Phi) is 7.62. The summed E-state index contributed by atoms with van der Waals surface area (Å²) in [6, 6.07) is 17.5. The monoisotopic (exact) mass is 502 g/mol. The van der Waals surface area contributed by atoms with Crippen molar-refractivity contribution in [3.05, 3.63) is 82.9 Å². The van der Waals surface area contributed by atoms with Gasteiger partial charge in [-0.15, -0.1) is 0 Å². The van der Waals surface area contributed by atoms with Crippen LogP contribution < -0.4 is 24.8 Å². The number of carbonyl (C=O) groups is 2. The molecule has 37 heavy (non-hydrogen) atoms. The highest BCUT2D eigenvalue weighted by Gasteiger charge is 2.28. The SMILES string of the molecule is CNC(=O)N1N=C(c2ccc(C(=O)Nc3cccc(OC)c3)cc2)c2cc(OC)c(OC)cc2CC1C. The summed E-state index contributed by atoms with van der Waals surface area (Å²) in [5.74, 6) is 1.56. The minimum Gasteiger partial charge on any atom is -0.497 e. The molecule has 3 amide bonds. The second-order valence-electron chi connectivity index (χ2n) is 8.53. The first-order chi connectivity index (χ1) is 17.9. The van der Waals surface area contributed by atoms with Gasteiger partial charge in [-0.05, 0) is 55.3 Å². The average Bonchev–Trinajstić information content (AvgIpc) is 3.07. The van der Waals surface area contributed by atoms with Gasteiger partial charge < -0.3 is 24.8 Å². The zero-order valence-electron chi connectivity index (χ0n) is 21.5. The number of urea groups is 1. The topological polar surface area (TPSA) is 101 Å². The van der Waals surface area contributed by atoms with Gasteiger partial charge in [0.05, 0.1) is 33.1 Å². The molecule has 9 nitrogen and oxygen atoms in total. The Balaban J connectivity index is 1.72. The summed E-state index contributed by atoms with van der Waals surface area (Å²) in [5, 5.41) is 11.7. The second kappa shape index (κ2) is 11.0. The lowest BCUT2D eigenvalue weighted by Crippen LogP contribution is -2.41. The first kappa shape index (κ1) is 25.6. The fourth-order valence-corrected chi connectivity index (χ4v) is 4.23. The van der Waals surface area contributed by atoms with Gasteiger partial charge in [0.2, 0.25) is 0 Å². The van der Waals surface area contributed by atoms with Crippen LogP contribution in [0.15, 0.2) is 65.8 Å². The summed E-state index contributed by atoms with van der Waals surface area (Å²) >= 11 is 0. The molecule has 0 bridgehead atoms. The maximum atomic E-state index is 12.9. The molecule has 0 fully saturated rings. The minimum atomic E-state index is -0.314. The number of methoxy groups -OCH3 is 3. The van der Waals surface area contributed by atoms with Crippen molar-refractivity contribution in [3.8, 4) is 17.2 Å². The lowest BCUT2D eigenvalue weighted by molar-refractivity contribution is 0.102. The van der Waals surface area contributed by atoms with Crippen LogP contribution >= 0.6 is 0 Å². The normalized spacial score (nSPS) is 14.6. The summed E-state index contributed by atoms with van der Waals surface area (Å²) in [4.78, 5) is 25.5. The van der Waals surface area contributed by atoms with Crippen LogP contribution in [0.4, 0.5) is 10.5 Å². The van der Waals surface area contributed by atoms with Gasteiger partial charge >= 0.3 is 6.03 Å². The maximum Gasteiger partial charge on any atom is 0.337 e. The molecule has 3 aromatic carbocycles. The zero-order valence-corrected chi connectivity index (χ0v) is 21.5. The van der Waals surface area contributed by atoms with E-state index >= 15 is 0 Å². The van der Waals surface area contributed by atoms with Crippen LogP contribution in [0.5, 0.6) is 17.2 Å². The third-order valence-corrected chi connectivity index (χ3v) is 6.18. The molecular formula is C28H30N4O5. The van der Waals surface area contributed by atoms with E-state index in [1.807, 2.05) is 43.3 Å². The summed E-state index contributed by atoms with van der Waals surface area (Å²) in [5.41, 5.74) is 4.23. The molecular weight excluding hydrogens is 472 g/mol. The molecule has 0 saturated carbocycles.